The minimum Gasteiger partial charge on any atom is -0.394 e. The SMILES string of the molecule is CCN(CC)C(CO)c1cccc2cc(C)c(C)nc12. The lowest BCUT2D eigenvalue weighted by Gasteiger charge is -2.29. The Morgan fingerprint density at radius 2 is 1.90 bits per heavy atom. The van der Waals surface area contributed by atoms with Gasteiger partial charge in [-0.25, -0.2) is 0 Å². The van der Waals surface area contributed by atoms with Gasteiger partial charge in [-0.05, 0) is 44.1 Å². The third-order valence-corrected chi connectivity index (χ3v) is 4.11. The highest BCUT2D eigenvalue weighted by Crippen LogP contribution is 2.28. The van der Waals surface area contributed by atoms with Crippen LogP contribution in [0, 0.1) is 13.8 Å². The Morgan fingerprint density at radius 1 is 1.20 bits per heavy atom. The Balaban J connectivity index is 2.60. The van der Waals surface area contributed by atoms with Crippen LogP contribution in [0.2, 0.25) is 0 Å². The van der Waals surface area contributed by atoms with Crippen molar-refractivity contribution < 1.29 is 5.11 Å². The number of pyridine rings is 1. The first-order valence-electron chi connectivity index (χ1n) is 7.34. The molecule has 1 N–H and O–H groups in total. The molecular formula is C17H24N2O. The molecule has 108 valence electrons. The zero-order valence-corrected chi connectivity index (χ0v) is 12.8. The molecule has 3 heteroatoms. The molecule has 0 saturated heterocycles. The van der Waals surface area contributed by atoms with Crippen LogP contribution in [0.15, 0.2) is 24.3 Å². The Bertz CT molecular complexity index is 591. The van der Waals surface area contributed by atoms with Crippen LogP contribution in [-0.2, 0) is 0 Å². The summed E-state index contributed by atoms with van der Waals surface area (Å²) in [7, 11) is 0. The van der Waals surface area contributed by atoms with E-state index in [1.54, 1.807) is 0 Å². The van der Waals surface area contributed by atoms with Gasteiger partial charge in [-0.3, -0.25) is 9.88 Å². The number of aliphatic hydroxyl groups is 1. The van der Waals surface area contributed by atoms with Crippen molar-refractivity contribution in [1.29, 1.82) is 0 Å². The van der Waals surface area contributed by atoms with Crippen molar-refractivity contribution in [3.05, 3.63) is 41.1 Å². The highest BCUT2D eigenvalue weighted by atomic mass is 16.3. The first-order valence-corrected chi connectivity index (χ1v) is 7.34. The summed E-state index contributed by atoms with van der Waals surface area (Å²) in [5.74, 6) is 0. The van der Waals surface area contributed by atoms with Gasteiger partial charge in [0.15, 0.2) is 0 Å². The van der Waals surface area contributed by atoms with Gasteiger partial charge in [0.1, 0.15) is 0 Å². The lowest BCUT2D eigenvalue weighted by atomic mass is 10.0. The van der Waals surface area contributed by atoms with Crippen molar-refractivity contribution in [2.45, 2.75) is 33.7 Å². The zero-order chi connectivity index (χ0) is 14.7. The van der Waals surface area contributed by atoms with E-state index in [1.165, 1.54) is 5.56 Å². The average molecular weight is 272 g/mol. The van der Waals surface area contributed by atoms with Gasteiger partial charge in [-0.1, -0.05) is 32.0 Å². The van der Waals surface area contributed by atoms with Crippen LogP contribution in [0.3, 0.4) is 0 Å². The Hall–Kier alpha value is -1.45. The smallest absolute Gasteiger partial charge is 0.0754 e. The first-order chi connectivity index (χ1) is 9.62. The van der Waals surface area contributed by atoms with E-state index in [0.29, 0.717) is 0 Å². The summed E-state index contributed by atoms with van der Waals surface area (Å²) in [6.07, 6.45) is 0. The lowest BCUT2D eigenvalue weighted by molar-refractivity contribution is 0.134. The molecule has 1 heterocycles. The number of aliphatic hydroxyl groups excluding tert-OH is 1. The van der Waals surface area contributed by atoms with Gasteiger partial charge in [-0.2, -0.15) is 0 Å². The molecular weight excluding hydrogens is 248 g/mol. The summed E-state index contributed by atoms with van der Waals surface area (Å²) in [6, 6.07) is 8.43. The Kier molecular flexibility index (Phi) is 4.73. The molecule has 0 fully saturated rings. The van der Waals surface area contributed by atoms with Gasteiger partial charge in [-0.15, -0.1) is 0 Å². The number of likely N-dealkylation sites (N-methyl/N-ethyl adjacent to an activating group) is 1. The highest BCUT2D eigenvalue weighted by molar-refractivity contribution is 5.83. The molecule has 20 heavy (non-hydrogen) atoms. The normalized spacial score (nSPS) is 13.1. The number of hydrogen-bond acceptors (Lipinski definition) is 3. The molecule has 0 aliphatic rings. The fourth-order valence-electron chi connectivity index (χ4n) is 2.76. The number of rotatable bonds is 5. The molecule has 1 aromatic carbocycles. The zero-order valence-electron chi connectivity index (χ0n) is 12.8. The van der Waals surface area contributed by atoms with Crippen molar-refractivity contribution in [2.75, 3.05) is 19.7 Å². The minimum absolute atomic E-state index is 0.0170. The van der Waals surface area contributed by atoms with Crippen LogP contribution in [0.1, 0.15) is 36.7 Å². The van der Waals surface area contributed by atoms with E-state index in [0.717, 1.165) is 35.2 Å². The van der Waals surface area contributed by atoms with E-state index >= 15 is 0 Å². The molecule has 1 atom stereocenters. The monoisotopic (exact) mass is 272 g/mol. The van der Waals surface area contributed by atoms with E-state index in [1.807, 2.05) is 6.92 Å². The van der Waals surface area contributed by atoms with E-state index in [4.69, 9.17) is 4.98 Å². The maximum absolute atomic E-state index is 9.83. The minimum atomic E-state index is 0.0170. The van der Waals surface area contributed by atoms with Crippen LogP contribution in [0.25, 0.3) is 10.9 Å². The number of nitrogens with zero attached hydrogens (tertiary/aromatic N) is 2. The maximum Gasteiger partial charge on any atom is 0.0754 e. The number of aryl methyl sites for hydroxylation is 2. The van der Waals surface area contributed by atoms with E-state index in [2.05, 4.69) is 49.9 Å². The molecule has 0 aliphatic carbocycles. The van der Waals surface area contributed by atoms with Crippen LogP contribution in [0.5, 0.6) is 0 Å². The number of aromatic nitrogens is 1. The third-order valence-electron chi connectivity index (χ3n) is 4.11. The molecule has 0 spiro atoms. The van der Waals surface area contributed by atoms with Crippen molar-refractivity contribution >= 4 is 10.9 Å². The molecule has 2 aromatic rings. The number of benzene rings is 1. The van der Waals surface area contributed by atoms with E-state index < -0.39 is 0 Å². The predicted octanol–water partition coefficient (Wildman–Crippen LogP) is 3.23. The number of hydrogen-bond donors (Lipinski definition) is 1. The summed E-state index contributed by atoms with van der Waals surface area (Å²) in [4.78, 5) is 7.03. The van der Waals surface area contributed by atoms with E-state index in [9.17, 15) is 5.11 Å². The summed E-state index contributed by atoms with van der Waals surface area (Å²) in [5.41, 5.74) is 4.40. The van der Waals surface area contributed by atoms with Gasteiger partial charge in [0, 0.05) is 11.1 Å². The van der Waals surface area contributed by atoms with Crippen molar-refractivity contribution in [3.8, 4) is 0 Å². The first kappa shape index (κ1) is 14.9. The second kappa shape index (κ2) is 6.33. The molecule has 3 nitrogen and oxygen atoms in total. The summed E-state index contributed by atoms with van der Waals surface area (Å²) < 4.78 is 0. The summed E-state index contributed by atoms with van der Waals surface area (Å²) in [5, 5.41) is 11.0. The van der Waals surface area contributed by atoms with Gasteiger partial charge in [0.25, 0.3) is 0 Å². The second-order valence-corrected chi connectivity index (χ2v) is 5.23. The lowest BCUT2D eigenvalue weighted by Crippen LogP contribution is -2.31. The molecule has 0 aliphatic heterocycles. The molecule has 0 saturated carbocycles. The van der Waals surface area contributed by atoms with Crippen molar-refractivity contribution in [1.82, 2.24) is 9.88 Å². The van der Waals surface area contributed by atoms with Crippen molar-refractivity contribution in [2.24, 2.45) is 0 Å². The molecule has 0 radical (unpaired) electrons. The van der Waals surface area contributed by atoms with Gasteiger partial charge in [0.2, 0.25) is 0 Å². The van der Waals surface area contributed by atoms with Crippen LogP contribution >= 0.6 is 0 Å². The molecule has 1 aromatic heterocycles. The summed E-state index contributed by atoms with van der Waals surface area (Å²) in [6.45, 7) is 10.3. The molecule has 2 rings (SSSR count). The van der Waals surface area contributed by atoms with Gasteiger partial charge >= 0.3 is 0 Å². The predicted molar refractivity (Wildman–Crippen MR) is 84.0 cm³/mol. The summed E-state index contributed by atoms with van der Waals surface area (Å²) >= 11 is 0. The number of fused-ring (bicyclic) bond motifs is 1. The topological polar surface area (TPSA) is 36.4 Å². The fraction of sp³-hybridized carbons (Fsp3) is 0.471. The Labute approximate surface area is 121 Å². The average Bonchev–Trinajstić information content (AvgIpc) is 2.45. The molecule has 0 amide bonds. The van der Waals surface area contributed by atoms with Crippen LogP contribution in [-0.4, -0.2) is 34.7 Å². The maximum atomic E-state index is 9.83. The van der Waals surface area contributed by atoms with Gasteiger partial charge < -0.3 is 5.11 Å². The van der Waals surface area contributed by atoms with Crippen LogP contribution in [0.4, 0.5) is 0 Å². The van der Waals surface area contributed by atoms with E-state index in [-0.39, 0.29) is 12.6 Å². The quantitative estimate of drug-likeness (QED) is 0.908. The van der Waals surface area contributed by atoms with Gasteiger partial charge in [0.05, 0.1) is 18.2 Å². The standard InChI is InChI=1S/C17H24N2O/c1-5-19(6-2)16(11-20)15-9-7-8-14-10-12(3)13(4)18-17(14)15/h7-10,16,20H,5-6,11H2,1-4H3. The van der Waals surface area contributed by atoms with Crippen molar-refractivity contribution in [3.63, 3.8) is 0 Å². The van der Waals surface area contributed by atoms with Crippen LogP contribution < -0.4 is 0 Å². The number of para-hydroxylation sites is 1. The second-order valence-electron chi connectivity index (χ2n) is 5.23. The third kappa shape index (κ3) is 2.69. The fourth-order valence-corrected chi connectivity index (χ4v) is 2.76. The molecule has 0 bridgehead atoms. The molecule has 1 unspecified atom stereocenters. The highest BCUT2D eigenvalue weighted by Gasteiger charge is 2.20. The largest absolute Gasteiger partial charge is 0.394 e. The Morgan fingerprint density at radius 3 is 2.50 bits per heavy atom.